The van der Waals surface area contributed by atoms with Crippen LogP contribution in [0.5, 0.6) is 5.75 Å². The summed E-state index contributed by atoms with van der Waals surface area (Å²) in [6.45, 7) is 0.514. The summed E-state index contributed by atoms with van der Waals surface area (Å²) in [6.07, 6.45) is 2.20. The number of ether oxygens (including phenoxy) is 1. The maximum Gasteiger partial charge on any atom is 0.161 e. The van der Waals surface area contributed by atoms with Crippen molar-refractivity contribution in [3.8, 4) is 23.2 Å². The average Bonchev–Trinajstić information content (AvgIpc) is 3.57. The van der Waals surface area contributed by atoms with Crippen molar-refractivity contribution in [2.24, 2.45) is 5.92 Å². The van der Waals surface area contributed by atoms with Crippen LogP contribution in [0.2, 0.25) is 5.02 Å². The van der Waals surface area contributed by atoms with Crippen molar-refractivity contribution in [1.82, 2.24) is 9.55 Å². The molecular formula is C25H17ClF3N3O. The molecule has 0 amide bonds. The van der Waals surface area contributed by atoms with Crippen LogP contribution in [-0.2, 0) is 6.54 Å². The van der Waals surface area contributed by atoms with Gasteiger partial charge in [-0.2, -0.15) is 5.26 Å². The Morgan fingerprint density at radius 3 is 2.55 bits per heavy atom. The largest absolute Gasteiger partial charge is 0.492 e. The fourth-order valence-electron chi connectivity index (χ4n) is 3.69. The van der Waals surface area contributed by atoms with Gasteiger partial charge in [0.15, 0.2) is 11.6 Å². The summed E-state index contributed by atoms with van der Waals surface area (Å²) in [4.78, 5) is 4.54. The molecule has 0 unspecified atom stereocenters. The van der Waals surface area contributed by atoms with Gasteiger partial charge in [-0.05, 0) is 49.1 Å². The van der Waals surface area contributed by atoms with E-state index >= 15 is 0 Å². The number of halogens is 4. The summed E-state index contributed by atoms with van der Waals surface area (Å²) in [7, 11) is 0. The minimum absolute atomic E-state index is 0.0147. The van der Waals surface area contributed by atoms with Crippen molar-refractivity contribution in [2.45, 2.75) is 19.4 Å². The summed E-state index contributed by atoms with van der Waals surface area (Å²) >= 11 is 6.19. The Labute approximate surface area is 192 Å². The number of hydrogen-bond acceptors (Lipinski definition) is 3. The molecule has 0 spiro atoms. The van der Waals surface area contributed by atoms with E-state index in [1.807, 2.05) is 6.07 Å². The fourth-order valence-corrected chi connectivity index (χ4v) is 3.86. The molecule has 0 saturated heterocycles. The molecule has 3 aromatic carbocycles. The molecule has 166 valence electrons. The van der Waals surface area contributed by atoms with Crippen LogP contribution in [0.3, 0.4) is 0 Å². The summed E-state index contributed by atoms with van der Waals surface area (Å²) in [5.41, 5.74) is 1.56. The van der Waals surface area contributed by atoms with Crippen molar-refractivity contribution in [1.29, 1.82) is 5.26 Å². The van der Waals surface area contributed by atoms with Crippen LogP contribution >= 0.6 is 11.6 Å². The standard InChI is InChI=1S/C25H17ClF3N3O/c26-17-5-6-18(24(8-17)33-13-14-1-2-14)25-31-22-9-20(28)21(29)10-23(22)32(25)12-16-4-3-15(11-30)7-19(16)27/h3-10,14H,1-2,12-13H2. The van der Waals surface area contributed by atoms with Gasteiger partial charge in [0.25, 0.3) is 0 Å². The monoisotopic (exact) mass is 467 g/mol. The summed E-state index contributed by atoms with van der Waals surface area (Å²) < 4.78 is 50.4. The second kappa shape index (κ2) is 8.45. The van der Waals surface area contributed by atoms with Crippen LogP contribution in [0, 0.1) is 34.7 Å². The molecule has 33 heavy (non-hydrogen) atoms. The lowest BCUT2D eigenvalue weighted by atomic mass is 10.1. The Hall–Kier alpha value is -3.50. The van der Waals surface area contributed by atoms with Gasteiger partial charge in [0.05, 0.1) is 41.4 Å². The number of nitrogens with zero attached hydrogens (tertiary/aromatic N) is 3. The summed E-state index contributed by atoms with van der Waals surface area (Å²) in [5, 5.41) is 9.49. The quantitative estimate of drug-likeness (QED) is 0.326. The van der Waals surface area contributed by atoms with Gasteiger partial charge >= 0.3 is 0 Å². The molecular weight excluding hydrogens is 451 g/mol. The normalized spacial score (nSPS) is 13.3. The lowest BCUT2D eigenvalue weighted by Crippen LogP contribution is -2.06. The van der Waals surface area contributed by atoms with Crippen LogP contribution in [0.4, 0.5) is 13.2 Å². The van der Waals surface area contributed by atoms with Gasteiger partial charge in [0.2, 0.25) is 0 Å². The Bertz CT molecular complexity index is 1420. The van der Waals surface area contributed by atoms with Gasteiger partial charge in [0, 0.05) is 22.7 Å². The van der Waals surface area contributed by atoms with Crippen molar-refractivity contribution < 1.29 is 17.9 Å². The molecule has 1 heterocycles. The Morgan fingerprint density at radius 2 is 1.82 bits per heavy atom. The first-order chi connectivity index (χ1) is 15.9. The van der Waals surface area contributed by atoms with Gasteiger partial charge in [-0.1, -0.05) is 17.7 Å². The van der Waals surface area contributed by atoms with Gasteiger partial charge in [-0.15, -0.1) is 0 Å². The number of hydrogen-bond donors (Lipinski definition) is 0. The molecule has 1 aliphatic rings. The van der Waals surface area contributed by atoms with Crippen molar-refractivity contribution in [3.63, 3.8) is 0 Å². The maximum atomic E-state index is 14.7. The van der Waals surface area contributed by atoms with E-state index < -0.39 is 17.5 Å². The highest BCUT2D eigenvalue weighted by molar-refractivity contribution is 6.30. The molecule has 1 aromatic heterocycles. The van der Waals surface area contributed by atoms with E-state index in [0.29, 0.717) is 40.2 Å². The average molecular weight is 468 g/mol. The van der Waals surface area contributed by atoms with Crippen molar-refractivity contribution >= 4 is 22.6 Å². The number of rotatable bonds is 6. The van der Waals surface area contributed by atoms with Gasteiger partial charge in [-0.3, -0.25) is 0 Å². The van der Waals surface area contributed by atoms with Gasteiger partial charge in [-0.25, -0.2) is 18.2 Å². The predicted octanol–water partition coefficient (Wildman–Crippen LogP) is 6.48. The van der Waals surface area contributed by atoms with Crippen molar-refractivity contribution in [3.05, 3.63) is 82.1 Å². The van der Waals surface area contributed by atoms with Crippen LogP contribution in [0.15, 0.2) is 48.5 Å². The van der Waals surface area contributed by atoms with Gasteiger partial charge < -0.3 is 9.30 Å². The zero-order valence-corrected chi connectivity index (χ0v) is 18.0. The number of nitriles is 1. The number of fused-ring (bicyclic) bond motifs is 1. The highest BCUT2D eigenvalue weighted by atomic mass is 35.5. The molecule has 0 N–H and O–H groups in total. The van der Waals surface area contributed by atoms with Gasteiger partial charge in [0.1, 0.15) is 17.4 Å². The molecule has 4 nitrogen and oxygen atoms in total. The lowest BCUT2D eigenvalue weighted by molar-refractivity contribution is 0.301. The molecule has 1 aliphatic carbocycles. The fraction of sp³-hybridized carbons (Fsp3) is 0.200. The molecule has 0 aliphatic heterocycles. The summed E-state index contributed by atoms with van der Waals surface area (Å²) in [6, 6.07) is 13.2. The smallest absolute Gasteiger partial charge is 0.161 e. The summed E-state index contributed by atoms with van der Waals surface area (Å²) in [5.74, 6) is -1.29. The number of benzene rings is 3. The first-order valence-corrected chi connectivity index (χ1v) is 10.8. The molecule has 8 heteroatoms. The van der Waals surface area contributed by atoms with E-state index in [1.54, 1.807) is 22.8 Å². The Morgan fingerprint density at radius 1 is 1.03 bits per heavy atom. The molecule has 4 aromatic rings. The third kappa shape index (κ3) is 4.27. The van der Waals surface area contributed by atoms with Crippen LogP contribution < -0.4 is 4.74 Å². The first kappa shape index (κ1) is 21.4. The molecule has 0 atom stereocenters. The lowest BCUT2D eigenvalue weighted by Gasteiger charge is -2.14. The number of imidazole rings is 1. The second-order valence-corrected chi connectivity index (χ2v) is 8.53. The predicted molar refractivity (Wildman–Crippen MR) is 119 cm³/mol. The van der Waals surface area contributed by atoms with E-state index in [9.17, 15) is 13.2 Å². The van der Waals surface area contributed by atoms with Crippen LogP contribution in [0.1, 0.15) is 24.0 Å². The van der Waals surface area contributed by atoms with E-state index in [4.69, 9.17) is 21.6 Å². The Balaban J connectivity index is 1.67. The highest BCUT2D eigenvalue weighted by Gasteiger charge is 2.24. The van der Waals surface area contributed by atoms with E-state index in [1.165, 1.54) is 12.1 Å². The minimum atomic E-state index is -1.03. The Kier molecular flexibility index (Phi) is 5.47. The van der Waals surface area contributed by atoms with Crippen LogP contribution in [0.25, 0.3) is 22.4 Å². The topological polar surface area (TPSA) is 50.8 Å². The highest BCUT2D eigenvalue weighted by Crippen LogP contribution is 2.37. The van der Waals surface area contributed by atoms with Crippen LogP contribution in [-0.4, -0.2) is 16.2 Å². The minimum Gasteiger partial charge on any atom is -0.492 e. The number of aromatic nitrogens is 2. The second-order valence-electron chi connectivity index (χ2n) is 8.09. The first-order valence-electron chi connectivity index (χ1n) is 10.4. The van der Waals surface area contributed by atoms with E-state index in [0.717, 1.165) is 31.0 Å². The molecule has 0 bridgehead atoms. The van der Waals surface area contributed by atoms with Crippen molar-refractivity contribution in [2.75, 3.05) is 6.61 Å². The SMILES string of the molecule is N#Cc1ccc(Cn2c(-c3ccc(Cl)cc3OCC3CC3)nc3cc(F)c(F)cc32)c(F)c1. The molecule has 1 fully saturated rings. The molecule has 1 saturated carbocycles. The zero-order valence-electron chi connectivity index (χ0n) is 17.3. The zero-order chi connectivity index (χ0) is 23.1. The molecule has 0 radical (unpaired) electrons. The maximum absolute atomic E-state index is 14.7. The molecule has 5 rings (SSSR count). The van der Waals surface area contributed by atoms with E-state index in [2.05, 4.69) is 4.98 Å². The third-order valence-corrected chi connectivity index (χ3v) is 5.89. The van der Waals surface area contributed by atoms with E-state index in [-0.39, 0.29) is 23.2 Å². The third-order valence-electron chi connectivity index (χ3n) is 5.66.